The lowest BCUT2D eigenvalue weighted by Crippen LogP contribution is -2.36. The summed E-state index contributed by atoms with van der Waals surface area (Å²) in [5, 5.41) is 0. The number of nitrogens with zero attached hydrogens (tertiary/aromatic N) is 1. The van der Waals surface area contributed by atoms with Gasteiger partial charge in [-0.05, 0) is 5.56 Å². The molecule has 0 saturated carbocycles. The summed E-state index contributed by atoms with van der Waals surface area (Å²) in [6.45, 7) is 0.144. The number of hydrogen-bond acceptors (Lipinski definition) is 3. The van der Waals surface area contributed by atoms with Gasteiger partial charge in [0, 0.05) is 0 Å². The normalized spacial score (nSPS) is 19.6. The lowest BCUT2D eigenvalue weighted by molar-refractivity contribution is 0.163. The highest BCUT2D eigenvalue weighted by Crippen LogP contribution is 2.15. The molecule has 0 bridgehead atoms. The zero-order valence-corrected chi connectivity index (χ0v) is 9.08. The van der Waals surface area contributed by atoms with Crippen molar-refractivity contribution in [1.29, 1.82) is 0 Å². The third-order valence-corrected chi connectivity index (χ3v) is 2.45. The summed E-state index contributed by atoms with van der Waals surface area (Å²) in [5.41, 5.74) is 0.983. The molecule has 17 heavy (non-hydrogen) atoms. The van der Waals surface area contributed by atoms with Gasteiger partial charge >= 0.3 is 6.09 Å². The summed E-state index contributed by atoms with van der Waals surface area (Å²) in [4.78, 5) is 23.2. The molecule has 0 N–H and O–H groups in total. The van der Waals surface area contributed by atoms with E-state index >= 15 is 0 Å². The molecule has 1 fully saturated rings. The van der Waals surface area contributed by atoms with Crippen LogP contribution in [0.2, 0.25) is 0 Å². The molecule has 0 aromatic heterocycles. The second-order valence-electron chi connectivity index (χ2n) is 3.62. The molecule has 0 aliphatic carbocycles. The minimum atomic E-state index is -0.796. The van der Waals surface area contributed by atoms with Crippen molar-refractivity contribution >= 4 is 25.8 Å². The van der Waals surface area contributed by atoms with E-state index in [9.17, 15) is 9.59 Å². The number of benzene rings is 1. The largest absolute Gasteiger partial charge is 0.447 e. The van der Waals surface area contributed by atoms with Crippen LogP contribution in [0, 0.1) is 0 Å². The Morgan fingerprint density at radius 2 is 2.12 bits per heavy atom. The van der Waals surface area contributed by atoms with E-state index in [0.717, 1.165) is 10.5 Å². The summed E-state index contributed by atoms with van der Waals surface area (Å²) >= 11 is 0. The zero-order valence-electron chi connectivity index (χ0n) is 9.08. The van der Waals surface area contributed by atoms with Crippen LogP contribution in [0.5, 0.6) is 0 Å². The van der Waals surface area contributed by atoms with Crippen LogP contribution in [0.25, 0.3) is 6.08 Å². The molecule has 2 radical (unpaired) electrons. The van der Waals surface area contributed by atoms with Crippen molar-refractivity contribution in [2.45, 2.75) is 6.04 Å². The first-order chi connectivity index (χ1) is 8.18. The average molecular weight is 227 g/mol. The lowest BCUT2D eigenvalue weighted by atomic mass is 10.1. The number of rotatable bonds is 2. The Bertz CT molecular complexity index is 458. The molecule has 2 amide bonds. The van der Waals surface area contributed by atoms with Gasteiger partial charge in [0.05, 0.1) is 6.04 Å². The fraction of sp³-hybridized carbons (Fsp3) is 0.167. The van der Waals surface area contributed by atoms with Gasteiger partial charge in [0.2, 0.25) is 7.85 Å². The van der Waals surface area contributed by atoms with Crippen molar-refractivity contribution < 1.29 is 14.3 Å². The number of imide groups is 1. The topological polar surface area (TPSA) is 46.6 Å². The maximum absolute atomic E-state index is 11.2. The number of cyclic esters (lactones) is 1. The van der Waals surface area contributed by atoms with Crippen molar-refractivity contribution in [2.75, 3.05) is 6.61 Å². The summed E-state index contributed by atoms with van der Waals surface area (Å²) in [7, 11) is 5.10. The van der Waals surface area contributed by atoms with Crippen LogP contribution in [0.4, 0.5) is 9.59 Å². The van der Waals surface area contributed by atoms with Crippen LogP contribution in [0.3, 0.4) is 0 Å². The first kappa shape index (κ1) is 11.5. The quantitative estimate of drug-likeness (QED) is 0.723. The molecular formula is C12H10BNO3. The number of hydrogen-bond donors (Lipinski definition) is 0. The van der Waals surface area contributed by atoms with E-state index in [1.807, 2.05) is 36.4 Å². The summed E-state index contributed by atoms with van der Waals surface area (Å²) < 4.78 is 4.76. The van der Waals surface area contributed by atoms with Crippen molar-refractivity contribution in [3.8, 4) is 0 Å². The predicted molar refractivity (Wildman–Crippen MR) is 63.6 cm³/mol. The lowest BCUT2D eigenvalue weighted by Gasteiger charge is -2.14. The van der Waals surface area contributed by atoms with Crippen LogP contribution in [0.15, 0.2) is 36.4 Å². The molecule has 1 saturated heterocycles. The van der Waals surface area contributed by atoms with Gasteiger partial charge in [0.15, 0.2) is 5.81 Å². The highest BCUT2D eigenvalue weighted by Gasteiger charge is 2.33. The van der Waals surface area contributed by atoms with Crippen LogP contribution in [0.1, 0.15) is 5.56 Å². The van der Waals surface area contributed by atoms with E-state index in [1.54, 1.807) is 6.08 Å². The van der Waals surface area contributed by atoms with Gasteiger partial charge in [0.1, 0.15) is 6.61 Å². The molecule has 2 rings (SSSR count). The Labute approximate surface area is 100 Å². The zero-order chi connectivity index (χ0) is 12.3. The standard InChI is InChI=1S/C12H10BNO3/c13-11(15)14-10(8-17-12(14)16)7-6-9-4-2-1-3-5-9/h1-7,10H,8H2/b7-6+/t10-/m0/s1. The number of ether oxygens (including phenoxy) is 1. The molecule has 5 heteroatoms. The van der Waals surface area contributed by atoms with Crippen LogP contribution in [-0.2, 0) is 4.74 Å². The number of carbonyl (C=O) groups is 2. The molecule has 1 heterocycles. The van der Waals surface area contributed by atoms with E-state index in [1.165, 1.54) is 0 Å². The number of carbonyl (C=O) groups excluding carboxylic acids is 2. The summed E-state index contributed by atoms with van der Waals surface area (Å²) in [6, 6.07) is 9.13. The highest BCUT2D eigenvalue weighted by atomic mass is 16.6. The van der Waals surface area contributed by atoms with Crippen LogP contribution < -0.4 is 0 Å². The maximum Gasteiger partial charge on any atom is 0.416 e. The van der Waals surface area contributed by atoms with Gasteiger partial charge in [-0.25, -0.2) is 9.69 Å². The Hall–Kier alpha value is -2.04. The van der Waals surface area contributed by atoms with Gasteiger partial charge in [0.25, 0.3) is 0 Å². The number of amides is 2. The Morgan fingerprint density at radius 1 is 1.41 bits per heavy atom. The molecule has 0 spiro atoms. The highest BCUT2D eigenvalue weighted by molar-refractivity contribution is 6.58. The molecule has 1 aromatic carbocycles. The fourth-order valence-corrected chi connectivity index (χ4v) is 1.62. The first-order valence-corrected chi connectivity index (χ1v) is 5.17. The van der Waals surface area contributed by atoms with E-state index in [0.29, 0.717) is 0 Å². The molecule has 1 aliphatic heterocycles. The van der Waals surface area contributed by atoms with Gasteiger partial charge in [-0.2, -0.15) is 0 Å². The Balaban J connectivity index is 2.11. The van der Waals surface area contributed by atoms with E-state index in [-0.39, 0.29) is 6.61 Å². The van der Waals surface area contributed by atoms with Gasteiger partial charge in [-0.3, -0.25) is 4.79 Å². The molecule has 1 atom stereocenters. The molecule has 84 valence electrons. The monoisotopic (exact) mass is 227 g/mol. The minimum absolute atomic E-state index is 0.144. The predicted octanol–water partition coefficient (Wildman–Crippen LogP) is 1.81. The second-order valence-corrected chi connectivity index (χ2v) is 3.62. The molecule has 4 nitrogen and oxygen atoms in total. The van der Waals surface area contributed by atoms with Gasteiger partial charge < -0.3 is 4.74 Å². The average Bonchev–Trinajstić information content (AvgIpc) is 2.69. The van der Waals surface area contributed by atoms with Crippen LogP contribution >= 0.6 is 0 Å². The maximum atomic E-state index is 11.2. The summed E-state index contributed by atoms with van der Waals surface area (Å²) in [5.74, 6) is -0.796. The third kappa shape index (κ3) is 2.56. The van der Waals surface area contributed by atoms with Crippen LogP contribution in [-0.4, -0.2) is 37.3 Å². The molecule has 1 aliphatic rings. The minimum Gasteiger partial charge on any atom is -0.447 e. The van der Waals surface area contributed by atoms with Gasteiger partial charge in [-0.15, -0.1) is 0 Å². The third-order valence-electron chi connectivity index (χ3n) is 2.45. The van der Waals surface area contributed by atoms with Crippen molar-refractivity contribution in [3.63, 3.8) is 0 Å². The smallest absolute Gasteiger partial charge is 0.416 e. The first-order valence-electron chi connectivity index (χ1n) is 5.17. The summed E-state index contributed by atoms with van der Waals surface area (Å²) in [6.07, 6.45) is 2.85. The Morgan fingerprint density at radius 3 is 2.76 bits per heavy atom. The van der Waals surface area contributed by atoms with Crippen molar-refractivity contribution in [2.24, 2.45) is 0 Å². The SMILES string of the molecule is [B]C(=O)N1C(=O)OC[C@@H]1/C=C/c1ccccc1. The van der Waals surface area contributed by atoms with E-state index in [2.05, 4.69) is 0 Å². The Kier molecular flexibility index (Phi) is 3.28. The second kappa shape index (κ2) is 4.87. The van der Waals surface area contributed by atoms with Crippen molar-refractivity contribution in [1.82, 2.24) is 4.90 Å². The fourth-order valence-electron chi connectivity index (χ4n) is 1.62. The van der Waals surface area contributed by atoms with Gasteiger partial charge in [-0.1, -0.05) is 42.5 Å². The molecule has 0 unspecified atom stereocenters. The van der Waals surface area contributed by atoms with E-state index < -0.39 is 17.9 Å². The van der Waals surface area contributed by atoms with Crippen molar-refractivity contribution in [3.05, 3.63) is 42.0 Å². The molecule has 1 aromatic rings. The van der Waals surface area contributed by atoms with E-state index in [4.69, 9.17) is 12.6 Å². The molecular weight excluding hydrogens is 217 g/mol.